The Morgan fingerprint density at radius 3 is 2.31 bits per heavy atom. The number of nitrogen functional groups attached to an aromatic ring is 1. The molecule has 0 saturated carbocycles. The Hall–Kier alpha value is -4.80. The number of halogens is 3. The largest absolute Gasteiger partial charge is 0.490 e. The molecule has 0 unspecified atom stereocenters. The van der Waals surface area contributed by atoms with E-state index < -0.39 is 28.0 Å². The minimum absolute atomic E-state index is 0.0340. The van der Waals surface area contributed by atoms with E-state index in [1.165, 1.54) is 23.9 Å². The number of nitrogens with two attached hydrogens (primary N) is 1. The number of amidine groups is 1. The number of carbonyl (C=O) groups is 2. The quantitative estimate of drug-likeness (QED) is 0.0538. The number of aromatic amines is 1. The van der Waals surface area contributed by atoms with Crippen LogP contribution < -0.4 is 16.4 Å². The number of hydrogen-bond acceptors (Lipinski definition) is 7. The molecular formula is C32H30F3N5O5S3. The number of alkyl halides is 3. The van der Waals surface area contributed by atoms with Gasteiger partial charge in [-0.1, -0.05) is 54.6 Å². The number of sulfone groups is 1. The first-order valence-corrected chi connectivity index (χ1v) is 17.5. The number of fused-ring (bicyclic) bond motifs is 1. The molecular weight excluding hydrogens is 688 g/mol. The summed E-state index contributed by atoms with van der Waals surface area (Å²) in [5.74, 6) is -2.96. The molecule has 0 bridgehead atoms. The molecule has 3 aromatic carbocycles. The predicted molar refractivity (Wildman–Crippen MR) is 182 cm³/mol. The maximum Gasteiger partial charge on any atom is 0.490 e. The van der Waals surface area contributed by atoms with E-state index in [1.807, 2.05) is 61.7 Å². The molecule has 0 aliphatic heterocycles. The van der Waals surface area contributed by atoms with Gasteiger partial charge in [-0.3, -0.25) is 5.41 Å². The fraction of sp³-hybridized carbons (Fsp3) is 0.156. The standard InChI is InChI=1S/C30H29N5O3S3.C2HF3O2/c1-18-8-3-4-9-20(18)22-11-7-13-25(41(37,38)26-16-24(28(31)32)40-29(26)39-2)27(22)35-30(36)33-15-14-19-17-34-23-12-6-5-10-21(19)23;3-2(4,5)1(6)7/h3-13,16-17,34H,14-15H2,1-2H3,(H3,31,32)(H2,33,35,36);(H,6,7). The van der Waals surface area contributed by atoms with E-state index in [9.17, 15) is 26.4 Å². The molecule has 10 nitrogen and oxygen atoms in total. The van der Waals surface area contributed by atoms with Crippen LogP contribution in [0.1, 0.15) is 16.0 Å². The summed E-state index contributed by atoms with van der Waals surface area (Å²) in [6.07, 6.45) is -0.775. The Balaban J connectivity index is 0.000000671. The van der Waals surface area contributed by atoms with Crippen molar-refractivity contribution in [1.82, 2.24) is 10.3 Å². The van der Waals surface area contributed by atoms with Crippen LogP contribution in [0.5, 0.6) is 0 Å². The molecule has 5 aromatic rings. The summed E-state index contributed by atoms with van der Waals surface area (Å²) in [4.78, 5) is 25.8. The molecule has 0 aliphatic rings. The lowest BCUT2D eigenvalue weighted by atomic mass is 9.99. The van der Waals surface area contributed by atoms with E-state index in [1.54, 1.807) is 18.4 Å². The fourth-order valence-corrected chi connectivity index (χ4v) is 8.76. The van der Waals surface area contributed by atoms with Gasteiger partial charge in [0.15, 0.2) is 0 Å². The van der Waals surface area contributed by atoms with Crippen molar-refractivity contribution in [2.75, 3.05) is 18.1 Å². The van der Waals surface area contributed by atoms with Gasteiger partial charge in [0.2, 0.25) is 9.84 Å². The highest BCUT2D eigenvalue weighted by Gasteiger charge is 2.38. The van der Waals surface area contributed by atoms with Gasteiger partial charge in [0.1, 0.15) is 5.84 Å². The van der Waals surface area contributed by atoms with Gasteiger partial charge in [0, 0.05) is 29.2 Å². The molecule has 0 atom stereocenters. The Kier molecular flexibility index (Phi) is 11.2. The number of rotatable bonds is 9. The summed E-state index contributed by atoms with van der Waals surface area (Å²) in [5, 5.41) is 21.8. The average molecular weight is 718 g/mol. The molecule has 7 N–H and O–H groups in total. The summed E-state index contributed by atoms with van der Waals surface area (Å²) in [6, 6.07) is 21.5. The second-order valence-corrected chi connectivity index (χ2v) is 14.2. The van der Waals surface area contributed by atoms with Crippen molar-refractivity contribution in [3.8, 4) is 11.1 Å². The molecule has 2 aromatic heterocycles. The number of amides is 2. The monoisotopic (exact) mass is 717 g/mol. The predicted octanol–water partition coefficient (Wildman–Crippen LogP) is 7.04. The van der Waals surface area contributed by atoms with Crippen molar-refractivity contribution in [2.24, 2.45) is 5.73 Å². The lowest BCUT2D eigenvalue weighted by molar-refractivity contribution is -0.192. The first-order valence-electron chi connectivity index (χ1n) is 14.0. The number of carboxylic acid groups (broad SMARTS) is 1. The minimum Gasteiger partial charge on any atom is -0.475 e. The van der Waals surface area contributed by atoms with Crippen LogP contribution in [0.4, 0.5) is 23.7 Å². The molecule has 2 amide bonds. The van der Waals surface area contributed by atoms with Crippen molar-refractivity contribution < 1.29 is 36.3 Å². The molecule has 0 saturated heterocycles. The molecule has 2 heterocycles. The van der Waals surface area contributed by atoms with Gasteiger partial charge < -0.3 is 26.5 Å². The van der Waals surface area contributed by atoms with Gasteiger partial charge in [-0.25, -0.2) is 18.0 Å². The topological polar surface area (TPSA) is 178 Å². The van der Waals surface area contributed by atoms with Crippen molar-refractivity contribution in [3.05, 3.63) is 95.0 Å². The zero-order chi connectivity index (χ0) is 35.2. The van der Waals surface area contributed by atoms with Gasteiger partial charge in [0.05, 0.1) is 24.6 Å². The third kappa shape index (κ3) is 8.18. The summed E-state index contributed by atoms with van der Waals surface area (Å²) in [5.41, 5.74) is 10.3. The number of urea groups is 1. The number of thiophene rings is 1. The van der Waals surface area contributed by atoms with Crippen LogP contribution in [0.15, 0.2) is 93.0 Å². The number of aliphatic carboxylic acids is 1. The van der Waals surface area contributed by atoms with Gasteiger partial charge in [-0.05, 0) is 54.5 Å². The van der Waals surface area contributed by atoms with E-state index in [4.69, 9.17) is 21.0 Å². The first kappa shape index (κ1) is 36.0. The number of carbonyl (C=O) groups excluding carboxylic acids is 1. The summed E-state index contributed by atoms with van der Waals surface area (Å²) in [7, 11) is -4.10. The third-order valence-corrected chi connectivity index (χ3v) is 11.4. The van der Waals surface area contributed by atoms with Crippen LogP contribution >= 0.6 is 23.1 Å². The average Bonchev–Trinajstić information content (AvgIpc) is 3.67. The number of H-pyrrole nitrogens is 1. The number of aromatic nitrogens is 1. The maximum atomic E-state index is 14.1. The molecule has 252 valence electrons. The second kappa shape index (κ2) is 15.0. The van der Waals surface area contributed by atoms with Crippen LogP contribution in [0, 0.1) is 12.3 Å². The molecule has 0 fully saturated rings. The summed E-state index contributed by atoms with van der Waals surface area (Å²) < 4.78 is 60.5. The smallest absolute Gasteiger partial charge is 0.475 e. The lowest BCUT2D eigenvalue weighted by Crippen LogP contribution is -2.31. The second-order valence-electron chi connectivity index (χ2n) is 10.2. The summed E-state index contributed by atoms with van der Waals surface area (Å²) in [6.45, 7) is 2.29. The van der Waals surface area contributed by atoms with E-state index in [0.29, 0.717) is 27.6 Å². The molecule has 0 aliphatic carbocycles. The number of para-hydroxylation sites is 2. The normalized spacial score (nSPS) is 11.4. The highest BCUT2D eigenvalue weighted by Crippen LogP contribution is 2.42. The zero-order valence-corrected chi connectivity index (χ0v) is 27.9. The van der Waals surface area contributed by atoms with Gasteiger partial charge in [0.25, 0.3) is 0 Å². The number of anilines is 1. The molecule has 0 radical (unpaired) electrons. The Labute approximate surface area is 282 Å². The molecule has 48 heavy (non-hydrogen) atoms. The van der Waals surface area contributed by atoms with Crippen molar-refractivity contribution in [1.29, 1.82) is 5.41 Å². The molecule has 0 spiro atoms. The van der Waals surface area contributed by atoms with E-state index in [0.717, 1.165) is 38.9 Å². The van der Waals surface area contributed by atoms with Crippen LogP contribution in [0.25, 0.3) is 22.0 Å². The number of nitrogens with one attached hydrogen (secondary N) is 4. The van der Waals surface area contributed by atoms with Crippen LogP contribution in [0.3, 0.4) is 0 Å². The lowest BCUT2D eigenvalue weighted by Gasteiger charge is -2.18. The van der Waals surface area contributed by atoms with Crippen LogP contribution in [-0.4, -0.2) is 55.3 Å². The Morgan fingerprint density at radius 2 is 1.67 bits per heavy atom. The highest BCUT2D eigenvalue weighted by molar-refractivity contribution is 8.01. The van der Waals surface area contributed by atoms with E-state index in [-0.39, 0.29) is 21.3 Å². The number of hydrogen-bond donors (Lipinski definition) is 6. The van der Waals surface area contributed by atoms with Gasteiger partial charge in [-0.2, -0.15) is 13.2 Å². The van der Waals surface area contributed by atoms with Gasteiger partial charge in [-0.15, -0.1) is 23.1 Å². The Morgan fingerprint density at radius 1 is 1.02 bits per heavy atom. The number of carboxylic acids is 1. The van der Waals surface area contributed by atoms with Crippen LogP contribution in [0.2, 0.25) is 0 Å². The van der Waals surface area contributed by atoms with Crippen molar-refractivity contribution in [2.45, 2.75) is 33.5 Å². The van der Waals surface area contributed by atoms with Crippen molar-refractivity contribution in [3.63, 3.8) is 0 Å². The molecule has 5 rings (SSSR count). The SMILES string of the molecule is CSc1sc(C(=N)N)cc1S(=O)(=O)c1cccc(-c2ccccc2C)c1NC(=O)NCCc1c[nH]c2ccccc12.O=C(O)C(F)(F)F. The summed E-state index contributed by atoms with van der Waals surface area (Å²) >= 11 is 2.43. The van der Waals surface area contributed by atoms with Crippen LogP contribution in [-0.2, 0) is 21.1 Å². The molecule has 16 heteroatoms. The van der Waals surface area contributed by atoms with E-state index in [2.05, 4.69) is 15.6 Å². The first-order chi connectivity index (χ1) is 22.6. The van der Waals surface area contributed by atoms with Gasteiger partial charge >= 0.3 is 18.2 Å². The van der Waals surface area contributed by atoms with Crippen molar-refractivity contribution >= 4 is 67.4 Å². The highest BCUT2D eigenvalue weighted by atomic mass is 32.2. The zero-order valence-electron chi connectivity index (χ0n) is 25.4. The Bertz CT molecular complexity index is 2090. The maximum absolute atomic E-state index is 14.1. The number of aryl methyl sites for hydroxylation is 1. The third-order valence-electron chi connectivity index (χ3n) is 6.99. The fourth-order valence-electron chi connectivity index (χ4n) is 4.73. The van der Waals surface area contributed by atoms with E-state index >= 15 is 0 Å². The minimum atomic E-state index is -5.08. The number of thioether (sulfide) groups is 1. The number of benzene rings is 3.